The maximum absolute atomic E-state index is 13.3. The van der Waals surface area contributed by atoms with Crippen LogP contribution in [0.25, 0.3) is 0 Å². The molecule has 2 atom stereocenters. The molecule has 29 heavy (non-hydrogen) atoms. The lowest BCUT2D eigenvalue weighted by Crippen LogP contribution is -2.48. The lowest BCUT2D eigenvalue weighted by molar-refractivity contribution is -0.114. The third-order valence-corrected chi connectivity index (χ3v) is 14.0. The first kappa shape index (κ1) is 24.0. The minimum absolute atomic E-state index is 0.0175. The maximum Gasteiger partial charge on any atom is 0.200 e. The van der Waals surface area contributed by atoms with Crippen molar-refractivity contribution in [3.05, 3.63) is 35.9 Å². The van der Waals surface area contributed by atoms with Gasteiger partial charge in [-0.15, -0.1) is 0 Å². The summed E-state index contributed by atoms with van der Waals surface area (Å²) >= 11 is 0. The Morgan fingerprint density at radius 2 is 1.62 bits per heavy atom. The Kier molecular flexibility index (Phi) is 8.05. The molecule has 0 fully saturated rings. The number of Topliss-reactive ketones (excluding diaryl/α,β-unsaturated/α-hetero) is 1. The summed E-state index contributed by atoms with van der Waals surface area (Å²) in [7, 11) is 0.440. The molecule has 1 aromatic rings. The molecule has 0 spiro atoms. The fourth-order valence-corrected chi connectivity index (χ4v) is 11.8. The second-order valence-electron chi connectivity index (χ2n) is 9.08. The Balaban J connectivity index is 2.17. The highest BCUT2D eigenvalue weighted by Crippen LogP contribution is 2.42. The number of anilines is 1. The summed E-state index contributed by atoms with van der Waals surface area (Å²) in [5.41, 5.74) is 3.00. The van der Waals surface area contributed by atoms with Gasteiger partial charge in [0.05, 0.1) is 28.0 Å². The SMILES string of the molecule is CC(C)[Si](OCC1=CC[C@H](S(=O)c2ccccc2N(C)C)C1=O)(C(C)C)C(C)C. The smallest absolute Gasteiger partial charge is 0.200 e. The van der Waals surface area contributed by atoms with E-state index in [1.165, 1.54) is 0 Å². The van der Waals surface area contributed by atoms with Crippen LogP contribution in [0.5, 0.6) is 0 Å². The molecule has 0 amide bonds. The second kappa shape index (κ2) is 9.71. The highest BCUT2D eigenvalue weighted by molar-refractivity contribution is 7.86. The van der Waals surface area contributed by atoms with Gasteiger partial charge in [0.15, 0.2) is 5.78 Å². The number of carbonyl (C=O) groups is 1. The van der Waals surface area contributed by atoms with Gasteiger partial charge in [-0.2, -0.15) is 0 Å². The average molecular weight is 436 g/mol. The molecule has 0 saturated heterocycles. The van der Waals surface area contributed by atoms with E-state index in [0.29, 0.717) is 35.2 Å². The highest BCUT2D eigenvalue weighted by atomic mass is 32.2. The van der Waals surface area contributed by atoms with E-state index in [4.69, 9.17) is 4.43 Å². The number of para-hydroxylation sites is 1. The third-order valence-electron chi connectivity index (χ3n) is 6.19. The summed E-state index contributed by atoms with van der Waals surface area (Å²) in [4.78, 5) is 15.8. The lowest BCUT2D eigenvalue weighted by Gasteiger charge is -2.42. The molecule has 6 heteroatoms. The van der Waals surface area contributed by atoms with Gasteiger partial charge in [0.25, 0.3) is 0 Å². The van der Waals surface area contributed by atoms with E-state index in [9.17, 15) is 9.00 Å². The minimum Gasteiger partial charge on any atom is -0.412 e. The summed E-state index contributed by atoms with van der Waals surface area (Å²) in [5, 5.41) is -0.511. The minimum atomic E-state index is -2.04. The van der Waals surface area contributed by atoms with Crippen molar-refractivity contribution in [3.8, 4) is 0 Å². The van der Waals surface area contributed by atoms with Gasteiger partial charge in [0.1, 0.15) is 5.25 Å². The van der Waals surface area contributed by atoms with Crippen LogP contribution in [-0.2, 0) is 20.0 Å². The van der Waals surface area contributed by atoms with Crippen LogP contribution in [0.2, 0.25) is 16.6 Å². The van der Waals surface area contributed by atoms with E-state index in [2.05, 4.69) is 41.5 Å². The number of rotatable bonds is 9. The van der Waals surface area contributed by atoms with E-state index in [0.717, 1.165) is 10.6 Å². The van der Waals surface area contributed by atoms with Crippen molar-refractivity contribution in [1.82, 2.24) is 0 Å². The van der Waals surface area contributed by atoms with E-state index in [1.807, 2.05) is 49.3 Å². The van der Waals surface area contributed by atoms with Crippen LogP contribution in [0.1, 0.15) is 48.0 Å². The largest absolute Gasteiger partial charge is 0.412 e. The van der Waals surface area contributed by atoms with Crippen molar-refractivity contribution in [2.75, 3.05) is 25.6 Å². The van der Waals surface area contributed by atoms with Gasteiger partial charge in [0.2, 0.25) is 8.32 Å². The number of ketones is 1. The van der Waals surface area contributed by atoms with Crippen LogP contribution in [0.3, 0.4) is 0 Å². The predicted octanol–water partition coefficient (Wildman–Crippen LogP) is 5.32. The van der Waals surface area contributed by atoms with Gasteiger partial charge in [0, 0.05) is 19.7 Å². The molecule has 0 aromatic heterocycles. The zero-order chi connectivity index (χ0) is 21.9. The van der Waals surface area contributed by atoms with E-state index >= 15 is 0 Å². The van der Waals surface area contributed by atoms with E-state index in [-0.39, 0.29) is 5.78 Å². The summed E-state index contributed by atoms with van der Waals surface area (Å²) < 4.78 is 19.9. The number of hydrogen-bond donors (Lipinski definition) is 0. The molecule has 0 bridgehead atoms. The van der Waals surface area contributed by atoms with Gasteiger partial charge in [-0.3, -0.25) is 9.00 Å². The lowest BCUT2D eigenvalue weighted by atomic mass is 10.2. The molecule has 4 nitrogen and oxygen atoms in total. The molecular weight excluding hydrogens is 398 g/mol. The van der Waals surface area contributed by atoms with Crippen molar-refractivity contribution in [2.24, 2.45) is 0 Å². The first-order chi connectivity index (χ1) is 13.5. The molecule has 0 heterocycles. The monoisotopic (exact) mass is 435 g/mol. The zero-order valence-corrected chi connectivity index (χ0v) is 21.0. The molecule has 0 radical (unpaired) electrons. The Hall–Kier alpha value is -1.24. The number of allylic oxidation sites excluding steroid dienone is 1. The number of hydrogen-bond acceptors (Lipinski definition) is 4. The number of nitrogens with zero attached hydrogens (tertiary/aromatic N) is 1. The van der Waals surface area contributed by atoms with Crippen LogP contribution < -0.4 is 4.90 Å². The van der Waals surface area contributed by atoms with Gasteiger partial charge in [-0.25, -0.2) is 0 Å². The summed E-state index contributed by atoms with van der Waals surface area (Å²) in [6, 6.07) is 7.61. The van der Waals surface area contributed by atoms with Crippen molar-refractivity contribution in [1.29, 1.82) is 0 Å². The van der Waals surface area contributed by atoms with E-state index in [1.54, 1.807) is 0 Å². The van der Waals surface area contributed by atoms with Gasteiger partial charge in [-0.05, 0) is 35.2 Å². The fourth-order valence-electron chi connectivity index (χ4n) is 4.83. The van der Waals surface area contributed by atoms with Crippen molar-refractivity contribution < 1.29 is 13.4 Å². The number of carbonyl (C=O) groups excluding carboxylic acids is 1. The molecule has 2 rings (SSSR count). The summed E-state index contributed by atoms with van der Waals surface area (Å²) in [6.07, 6.45) is 2.47. The average Bonchev–Trinajstić information content (AvgIpc) is 3.01. The molecule has 1 aliphatic carbocycles. The van der Waals surface area contributed by atoms with Crippen LogP contribution in [0.15, 0.2) is 40.8 Å². The molecule has 0 N–H and O–H groups in total. The predicted molar refractivity (Wildman–Crippen MR) is 126 cm³/mol. The Bertz CT molecular complexity index is 764. The van der Waals surface area contributed by atoms with Crippen LogP contribution in [-0.4, -0.2) is 44.3 Å². The van der Waals surface area contributed by atoms with Crippen molar-refractivity contribution in [2.45, 2.75) is 74.7 Å². The van der Waals surface area contributed by atoms with Crippen molar-refractivity contribution >= 4 is 30.6 Å². The topological polar surface area (TPSA) is 46.6 Å². The molecule has 1 aromatic carbocycles. The summed E-state index contributed by atoms with van der Waals surface area (Å²) in [6.45, 7) is 13.8. The zero-order valence-electron chi connectivity index (χ0n) is 19.2. The fraction of sp³-hybridized carbons (Fsp3) is 0.609. The maximum atomic E-state index is 13.3. The highest BCUT2D eigenvalue weighted by Gasteiger charge is 2.46. The first-order valence-electron chi connectivity index (χ1n) is 10.6. The quantitative estimate of drug-likeness (QED) is 0.493. The normalized spacial score (nSPS) is 18.7. The van der Waals surface area contributed by atoms with Crippen LogP contribution >= 0.6 is 0 Å². The van der Waals surface area contributed by atoms with Gasteiger partial charge in [-0.1, -0.05) is 59.8 Å². The van der Waals surface area contributed by atoms with Crippen molar-refractivity contribution in [3.63, 3.8) is 0 Å². The third kappa shape index (κ3) is 4.75. The van der Waals surface area contributed by atoms with E-state index < -0.39 is 24.4 Å². The molecule has 162 valence electrons. The summed E-state index contributed by atoms with van der Waals surface area (Å²) in [5.74, 6) is -0.0175. The Labute approximate surface area is 180 Å². The van der Waals surface area contributed by atoms with Crippen LogP contribution in [0.4, 0.5) is 5.69 Å². The number of benzene rings is 1. The van der Waals surface area contributed by atoms with Gasteiger partial charge < -0.3 is 9.33 Å². The Morgan fingerprint density at radius 3 is 2.14 bits per heavy atom. The van der Waals surface area contributed by atoms with Gasteiger partial charge >= 0.3 is 0 Å². The Morgan fingerprint density at radius 1 is 1.07 bits per heavy atom. The molecule has 1 aliphatic rings. The molecule has 0 saturated carbocycles. The van der Waals surface area contributed by atoms with Crippen LogP contribution in [0, 0.1) is 0 Å². The first-order valence-corrected chi connectivity index (χ1v) is 13.9. The molecular formula is C23H37NO3SSi. The second-order valence-corrected chi connectivity index (χ2v) is 16.1. The standard InChI is InChI=1S/C23H37NO3SSi/c1-16(2)29(17(3)4,18(5)6)27-15-19-13-14-22(23(19)25)28(26)21-12-10-9-11-20(21)24(7)8/h9-13,16-18,22H,14-15H2,1-8H3/t22-,28?/m0/s1. The molecule has 0 aliphatic heterocycles. The molecule has 1 unspecified atom stereocenters.